The van der Waals surface area contributed by atoms with Crippen LogP contribution < -0.4 is 0 Å². The number of aliphatic hydroxyl groups is 1. The van der Waals surface area contributed by atoms with Crippen molar-refractivity contribution in [2.45, 2.75) is 25.7 Å². The molecule has 1 N–H and O–H groups in total. The van der Waals surface area contributed by atoms with E-state index in [0.717, 1.165) is 5.56 Å². The molecule has 1 aromatic rings. The maximum atomic E-state index is 9.82. The highest BCUT2D eigenvalue weighted by Crippen LogP contribution is 2.15. The first kappa shape index (κ1) is 11.2. The van der Waals surface area contributed by atoms with Gasteiger partial charge < -0.3 is 5.11 Å². The van der Waals surface area contributed by atoms with Gasteiger partial charge in [-0.2, -0.15) is 0 Å². The predicted molar refractivity (Wildman–Crippen MR) is 63.9 cm³/mol. The van der Waals surface area contributed by atoms with E-state index in [2.05, 4.69) is 25.3 Å². The van der Waals surface area contributed by atoms with Gasteiger partial charge in [0.05, 0.1) is 14.2 Å². The van der Waals surface area contributed by atoms with Gasteiger partial charge in [-0.15, -0.1) is 0 Å². The highest BCUT2D eigenvalue weighted by Gasteiger charge is 2.09. The van der Waals surface area contributed by atoms with Crippen LogP contribution >= 0.6 is 0 Å². The predicted octanol–water partition coefficient (Wildman–Crippen LogP) is 3.15. The Bertz CT molecular complexity index is 298. The molecule has 0 aliphatic rings. The summed E-state index contributed by atoms with van der Waals surface area (Å²) in [5.41, 5.74) is 3.13. The number of rotatable bonds is 3. The monoisotopic (exact) mass is 206 g/mol. The van der Waals surface area contributed by atoms with Crippen molar-refractivity contribution in [1.82, 2.24) is 0 Å². The average molecular weight is 206 g/mol. The molecular formula is C12H18OSi. The van der Waals surface area contributed by atoms with Gasteiger partial charge in [-0.1, -0.05) is 61.7 Å². The van der Waals surface area contributed by atoms with Crippen LogP contribution in [0.5, 0.6) is 0 Å². The lowest BCUT2D eigenvalue weighted by Gasteiger charge is -2.11. The Morgan fingerprint density at radius 3 is 2.21 bits per heavy atom. The molecular weight excluding hydrogens is 188 g/mol. The molecule has 1 atom stereocenters. The molecule has 0 bridgehead atoms. The van der Waals surface area contributed by atoms with Crippen LogP contribution in [0.3, 0.4) is 0 Å². The summed E-state index contributed by atoms with van der Waals surface area (Å²) in [6.07, 6.45) is 1.45. The molecule has 0 aliphatic heterocycles. The number of benzene rings is 1. The third-order valence-electron chi connectivity index (χ3n) is 1.92. The van der Waals surface area contributed by atoms with Gasteiger partial charge in [0.15, 0.2) is 0 Å². The first-order valence-corrected chi connectivity index (χ1v) is 8.49. The minimum atomic E-state index is -1.19. The standard InChI is InChI=1S/C12H18OSi/c1-14(2,3)10-9-12(13)11-7-5-4-6-8-11/h4-10,12-13H,1-3H3/b10-9+. The molecule has 0 spiro atoms. The molecule has 0 radical (unpaired) electrons. The summed E-state index contributed by atoms with van der Waals surface area (Å²) < 4.78 is 0. The van der Waals surface area contributed by atoms with Crippen molar-refractivity contribution >= 4 is 8.07 Å². The summed E-state index contributed by atoms with van der Waals surface area (Å²) in [4.78, 5) is 0. The number of hydrogen-bond donors (Lipinski definition) is 1. The largest absolute Gasteiger partial charge is 0.384 e. The molecule has 1 rings (SSSR count). The van der Waals surface area contributed by atoms with Gasteiger partial charge in [-0.3, -0.25) is 0 Å². The fraction of sp³-hybridized carbons (Fsp3) is 0.333. The van der Waals surface area contributed by atoms with E-state index in [1.54, 1.807) is 0 Å². The Labute approximate surface area is 87.1 Å². The first-order chi connectivity index (χ1) is 6.49. The smallest absolute Gasteiger partial charge is 0.0968 e. The van der Waals surface area contributed by atoms with E-state index in [4.69, 9.17) is 0 Å². The fourth-order valence-electron chi connectivity index (χ4n) is 1.14. The van der Waals surface area contributed by atoms with Gasteiger partial charge in [-0.05, 0) is 5.56 Å². The van der Waals surface area contributed by atoms with Crippen LogP contribution in [0.1, 0.15) is 11.7 Å². The fourth-order valence-corrected chi connectivity index (χ4v) is 1.90. The second-order valence-corrected chi connectivity index (χ2v) is 9.65. The van der Waals surface area contributed by atoms with E-state index >= 15 is 0 Å². The van der Waals surface area contributed by atoms with E-state index in [0.29, 0.717) is 0 Å². The van der Waals surface area contributed by atoms with E-state index in [-0.39, 0.29) is 0 Å². The molecule has 0 saturated heterocycles. The zero-order chi connectivity index (χ0) is 10.6. The van der Waals surface area contributed by atoms with Crippen LogP contribution in [0.25, 0.3) is 0 Å². The van der Waals surface area contributed by atoms with Crippen molar-refractivity contribution in [2.75, 3.05) is 0 Å². The summed E-state index contributed by atoms with van der Waals surface area (Å²) in [5.74, 6) is 0. The normalized spacial score (nSPS) is 14.6. The summed E-state index contributed by atoms with van der Waals surface area (Å²) in [6, 6.07) is 9.73. The highest BCUT2D eigenvalue weighted by molar-refractivity contribution is 6.80. The quantitative estimate of drug-likeness (QED) is 0.753. The van der Waals surface area contributed by atoms with Gasteiger partial charge >= 0.3 is 0 Å². The SMILES string of the molecule is C[Si](C)(C)/C=C/C(O)c1ccccc1. The van der Waals surface area contributed by atoms with Crippen molar-refractivity contribution in [1.29, 1.82) is 0 Å². The Kier molecular flexibility index (Phi) is 3.67. The van der Waals surface area contributed by atoms with E-state index in [1.165, 1.54) is 0 Å². The second-order valence-electron chi connectivity index (χ2n) is 4.58. The first-order valence-electron chi connectivity index (χ1n) is 4.91. The summed E-state index contributed by atoms with van der Waals surface area (Å²) in [7, 11) is -1.19. The molecule has 1 nitrogen and oxygen atoms in total. The molecule has 1 aromatic carbocycles. The second kappa shape index (κ2) is 4.58. The Morgan fingerprint density at radius 2 is 1.71 bits per heavy atom. The zero-order valence-corrected chi connectivity index (χ0v) is 10.1. The molecule has 2 heteroatoms. The van der Waals surface area contributed by atoms with Crippen LogP contribution in [0.4, 0.5) is 0 Å². The Balaban J connectivity index is 2.69. The summed E-state index contributed by atoms with van der Waals surface area (Å²) in [6.45, 7) is 6.75. The zero-order valence-electron chi connectivity index (χ0n) is 9.07. The third-order valence-corrected chi connectivity index (χ3v) is 3.11. The lowest BCUT2D eigenvalue weighted by atomic mass is 10.1. The van der Waals surface area contributed by atoms with Crippen molar-refractivity contribution in [3.05, 3.63) is 47.7 Å². The molecule has 0 aliphatic carbocycles. The summed E-state index contributed by atoms with van der Waals surface area (Å²) in [5, 5.41) is 9.82. The van der Waals surface area contributed by atoms with Crippen LogP contribution in [0, 0.1) is 0 Å². The van der Waals surface area contributed by atoms with Crippen molar-refractivity contribution < 1.29 is 5.11 Å². The Hall–Kier alpha value is -0.863. The van der Waals surface area contributed by atoms with Gasteiger partial charge in [-0.25, -0.2) is 0 Å². The van der Waals surface area contributed by atoms with Gasteiger partial charge in [0.2, 0.25) is 0 Å². The Morgan fingerprint density at radius 1 is 1.14 bits per heavy atom. The molecule has 0 saturated carbocycles. The lowest BCUT2D eigenvalue weighted by Crippen LogP contribution is -2.16. The number of hydrogen-bond acceptors (Lipinski definition) is 1. The number of aliphatic hydroxyl groups excluding tert-OH is 1. The minimum absolute atomic E-state index is 0.456. The topological polar surface area (TPSA) is 20.2 Å². The third kappa shape index (κ3) is 3.90. The maximum absolute atomic E-state index is 9.82. The van der Waals surface area contributed by atoms with Crippen molar-refractivity contribution in [3.8, 4) is 0 Å². The molecule has 76 valence electrons. The molecule has 14 heavy (non-hydrogen) atoms. The van der Waals surface area contributed by atoms with E-state index < -0.39 is 14.2 Å². The molecule has 0 heterocycles. The van der Waals surface area contributed by atoms with Gasteiger partial charge in [0.25, 0.3) is 0 Å². The van der Waals surface area contributed by atoms with Crippen LogP contribution in [0.2, 0.25) is 19.6 Å². The van der Waals surface area contributed by atoms with E-state index in [1.807, 2.05) is 36.4 Å². The van der Waals surface area contributed by atoms with Crippen molar-refractivity contribution in [3.63, 3.8) is 0 Å². The maximum Gasteiger partial charge on any atom is 0.0968 e. The lowest BCUT2D eigenvalue weighted by molar-refractivity contribution is 0.229. The van der Waals surface area contributed by atoms with Crippen molar-refractivity contribution in [2.24, 2.45) is 0 Å². The van der Waals surface area contributed by atoms with Gasteiger partial charge in [0, 0.05) is 0 Å². The van der Waals surface area contributed by atoms with Crippen LogP contribution in [-0.4, -0.2) is 13.2 Å². The average Bonchev–Trinajstić information content (AvgIpc) is 2.14. The molecule has 0 fully saturated rings. The highest BCUT2D eigenvalue weighted by atomic mass is 28.3. The molecule has 0 amide bonds. The summed E-state index contributed by atoms with van der Waals surface area (Å²) >= 11 is 0. The minimum Gasteiger partial charge on any atom is -0.384 e. The molecule has 0 aromatic heterocycles. The van der Waals surface area contributed by atoms with Gasteiger partial charge in [0.1, 0.15) is 0 Å². The molecule has 1 unspecified atom stereocenters. The van der Waals surface area contributed by atoms with Crippen LogP contribution in [0.15, 0.2) is 42.1 Å². The van der Waals surface area contributed by atoms with Crippen LogP contribution in [-0.2, 0) is 0 Å². The van der Waals surface area contributed by atoms with E-state index in [9.17, 15) is 5.11 Å².